The highest BCUT2D eigenvalue weighted by Crippen LogP contribution is 2.26. The molecule has 5 heteroatoms. The zero-order chi connectivity index (χ0) is 10.7. The molecule has 1 N–H and O–H groups in total. The Labute approximate surface area is 97.0 Å². The summed E-state index contributed by atoms with van der Waals surface area (Å²) >= 11 is 7.47. The van der Waals surface area contributed by atoms with E-state index in [0.29, 0.717) is 0 Å². The predicted molar refractivity (Wildman–Crippen MR) is 61.1 cm³/mol. The maximum absolute atomic E-state index is 5.87. The molecule has 2 aromatic rings. The standard InChI is InChI=1S/C10H11ClN2OS/c1-7(9-2-3-10(11)15-9)12-4-8-5-13-14-6-8/h2-3,5-7,12H,4H2,1H3. The van der Waals surface area contributed by atoms with Crippen molar-refractivity contribution < 1.29 is 4.52 Å². The van der Waals surface area contributed by atoms with Crippen LogP contribution in [0.2, 0.25) is 4.34 Å². The summed E-state index contributed by atoms with van der Waals surface area (Å²) in [5.41, 5.74) is 1.05. The van der Waals surface area contributed by atoms with E-state index in [-0.39, 0.29) is 6.04 Å². The predicted octanol–water partition coefficient (Wildman–Crippen LogP) is 3.24. The topological polar surface area (TPSA) is 38.1 Å². The summed E-state index contributed by atoms with van der Waals surface area (Å²) in [6.45, 7) is 2.86. The van der Waals surface area contributed by atoms with Crippen molar-refractivity contribution in [1.29, 1.82) is 0 Å². The molecule has 0 saturated heterocycles. The van der Waals surface area contributed by atoms with Gasteiger partial charge in [0.15, 0.2) is 0 Å². The minimum atomic E-state index is 0.289. The first-order chi connectivity index (χ1) is 7.25. The molecule has 0 saturated carbocycles. The molecule has 15 heavy (non-hydrogen) atoms. The number of aromatic nitrogens is 1. The van der Waals surface area contributed by atoms with Crippen molar-refractivity contribution in [1.82, 2.24) is 10.5 Å². The zero-order valence-electron chi connectivity index (χ0n) is 8.24. The fraction of sp³-hybridized carbons (Fsp3) is 0.300. The van der Waals surface area contributed by atoms with Gasteiger partial charge in [0.25, 0.3) is 0 Å². The molecule has 0 amide bonds. The molecule has 1 atom stereocenters. The molecule has 0 bridgehead atoms. The number of thiophene rings is 1. The van der Waals surface area contributed by atoms with Crippen LogP contribution in [0.15, 0.2) is 29.1 Å². The van der Waals surface area contributed by atoms with Crippen molar-refractivity contribution in [2.45, 2.75) is 19.5 Å². The SMILES string of the molecule is CC(NCc1cnoc1)c1ccc(Cl)s1. The van der Waals surface area contributed by atoms with Crippen LogP contribution in [0.5, 0.6) is 0 Å². The van der Waals surface area contributed by atoms with Crippen LogP contribution >= 0.6 is 22.9 Å². The summed E-state index contributed by atoms with van der Waals surface area (Å²) in [5.74, 6) is 0. The Hall–Kier alpha value is -0.840. The molecule has 0 fully saturated rings. The minimum Gasteiger partial charge on any atom is -0.364 e. The summed E-state index contributed by atoms with van der Waals surface area (Å²) in [7, 11) is 0. The molecule has 2 rings (SSSR count). The van der Waals surface area contributed by atoms with Gasteiger partial charge in [-0.3, -0.25) is 0 Å². The summed E-state index contributed by atoms with van der Waals surface area (Å²) in [6, 6.07) is 4.25. The lowest BCUT2D eigenvalue weighted by molar-refractivity contribution is 0.418. The summed E-state index contributed by atoms with van der Waals surface area (Å²) < 4.78 is 5.57. The van der Waals surface area contributed by atoms with Crippen LogP contribution in [-0.2, 0) is 6.54 Å². The summed E-state index contributed by atoms with van der Waals surface area (Å²) in [4.78, 5) is 1.23. The average Bonchev–Trinajstić information content (AvgIpc) is 2.84. The van der Waals surface area contributed by atoms with Gasteiger partial charge in [0.1, 0.15) is 6.26 Å². The van der Waals surface area contributed by atoms with E-state index in [4.69, 9.17) is 16.1 Å². The summed E-state index contributed by atoms with van der Waals surface area (Å²) in [6.07, 6.45) is 3.35. The number of hydrogen-bond acceptors (Lipinski definition) is 4. The lowest BCUT2D eigenvalue weighted by Crippen LogP contribution is -2.16. The van der Waals surface area contributed by atoms with Gasteiger partial charge >= 0.3 is 0 Å². The molecule has 2 aromatic heterocycles. The number of halogens is 1. The molecule has 2 heterocycles. The second kappa shape index (κ2) is 4.79. The Morgan fingerprint density at radius 2 is 2.47 bits per heavy atom. The number of nitrogens with zero attached hydrogens (tertiary/aromatic N) is 1. The Balaban J connectivity index is 1.90. The van der Waals surface area contributed by atoms with Crippen LogP contribution in [0, 0.1) is 0 Å². The first-order valence-electron chi connectivity index (χ1n) is 4.62. The van der Waals surface area contributed by atoms with Gasteiger partial charge in [-0.1, -0.05) is 16.8 Å². The Morgan fingerprint density at radius 1 is 1.60 bits per heavy atom. The average molecular weight is 243 g/mol. The van der Waals surface area contributed by atoms with Gasteiger partial charge < -0.3 is 9.84 Å². The van der Waals surface area contributed by atoms with Gasteiger partial charge in [0.2, 0.25) is 0 Å². The van der Waals surface area contributed by atoms with Crippen molar-refractivity contribution in [3.8, 4) is 0 Å². The third-order valence-electron chi connectivity index (χ3n) is 2.12. The smallest absolute Gasteiger partial charge is 0.128 e. The second-order valence-corrected chi connectivity index (χ2v) is 5.02. The molecule has 0 aromatic carbocycles. The second-order valence-electron chi connectivity index (χ2n) is 3.28. The number of rotatable bonds is 4. The van der Waals surface area contributed by atoms with E-state index in [9.17, 15) is 0 Å². The minimum absolute atomic E-state index is 0.289. The largest absolute Gasteiger partial charge is 0.364 e. The first-order valence-corrected chi connectivity index (χ1v) is 5.82. The fourth-order valence-corrected chi connectivity index (χ4v) is 2.33. The molecular formula is C10H11ClN2OS. The van der Waals surface area contributed by atoms with Crippen molar-refractivity contribution in [2.75, 3.05) is 0 Å². The summed E-state index contributed by atoms with van der Waals surface area (Å²) in [5, 5.41) is 7.01. The molecule has 0 aliphatic heterocycles. The first kappa shape index (κ1) is 10.7. The highest BCUT2D eigenvalue weighted by molar-refractivity contribution is 7.16. The van der Waals surface area contributed by atoms with Gasteiger partial charge in [-0.2, -0.15) is 0 Å². The van der Waals surface area contributed by atoms with Crippen LogP contribution in [0.1, 0.15) is 23.4 Å². The van der Waals surface area contributed by atoms with Gasteiger partial charge in [-0.25, -0.2) is 0 Å². The third kappa shape index (κ3) is 2.81. The number of hydrogen-bond donors (Lipinski definition) is 1. The molecule has 3 nitrogen and oxygen atoms in total. The van der Waals surface area contributed by atoms with Gasteiger partial charge in [-0.05, 0) is 19.1 Å². The lowest BCUT2D eigenvalue weighted by Gasteiger charge is -2.10. The fourth-order valence-electron chi connectivity index (χ4n) is 1.25. The van der Waals surface area contributed by atoms with Gasteiger partial charge in [-0.15, -0.1) is 11.3 Å². The Bertz CT molecular complexity index is 413. The highest BCUT2D eigenvalue weighted by Gasteiger charge is 2.07. The van der Waals surface area contributed by atoms with E-state index >= 15 is 0 Å². The van der Waals surface area contributed by atoms with Crippen LogP contribution < -0.4 is 5.32 Å². The molecule has 0 aliphatic rings. The van der Waals surface area contributed by atoms with E-state index in [1.54, 1.807) is 23.8 Å². The van der Waals surface area contributed by atoms with E-state index in [2.05, 4.69) is 17.4 Å². The monoisotopic (exact) mass is 242 g/mol. The molecule has 0 aliphatic carbocycles. The van der Waals surface area contributed by atoms with Crippen molar-refractivity contribution in [3.63, 3.8) is 0 Å². The van der Waals surface area contributed by atoms with Crippen LogP contribution in [0.25, 0.3) is 0 Å². The Morgan fingerprint density at radius 3 is 3.07 bits per heavy atom. The quantitative estimate of drug-likeness (QED) is 0.895. The van der Waals surface area contributed by atoms with E-state index in [1.807, 2.05) is 12.1 Å². The zero-order valence-corrected chi connectivity index (χ0v) is 9.81. The van der Waals surface area contributed by atoms with Crippen molar-refractivity contribution in [3.05, 3.63) is 39.4 Å². The van der Waals surface area contributed by atoms with Crippen LogP contribution in [0.4, 0.5) is 0 Å². The maximum atomic E-state index is 5.87. The third-order valence-corrected chi connectivity index (χ3v) is 3.53. The van der Waals surface area contributed by atoms with Gasteiger partial charge in [0.05, 0.1) is 10.5 Å². The van der Waals surface area contributed by atoms with Crippen molar-refractivity contribution in [2.24, 2.45) is 0 Å². The molecule has 1 unspecified atom stereocenters. The van der Waals surface area contributed by atoms with Crippen LogP contribution in [-0.4, -0.2) is 5.16 Å². The number of nitrogens with one attached hydrogen (secondary N) is 1. The molecule has 80 valence electrons. The highest BCUT2D eigenvalue weighted by atomic mass is 35.5. The lowest BCUT2D eigenvalue weighted by atomic mass is 10.2. The van der Waals surface area contributed by atoms with Crippen molar-refractivity contribution >= 4 is 22.9 Å². The van der Waals surface area contributed by atoms with E-state index in [0.717, 1.165) is 16.4 Å². The van der Waals surface area contributed by atoms with E-state index in [1.165, 1.54) is 4.88 Å². The Kier molecular flexibility index (Phi) is 3.41. The molecule has 0 radical (unpaired) electrons. The maximum Gasteiger partial charge on any atom is 0.128 e. The van der Waals surface area contributed by atoms with Crippen LogP contribution in [0.3, 0.4) is 0 Å². The van der Waals surface area contributed by atoms with E-state index < -0.39 is 0 Å². The molecule has 0 spiro atoms. The molecular weight excluding hydrogens is 232 g/mol. The van der Waals surface area contributed by atoms with Gasteiger partial charge in [0, 0.05) is 23.0 Å². The normalized spacial score (nSPS) is 12.9.